The van der Waals surface area contributed by atoms with Crippen molar-refractivity contribution in [3.05, 3.63) is 36.0 Å². The maximum atomic E-state index is 13.6. The predicted molar refractivity (Wildman–Crippen MR) is 105 cm³/mol. The summed E-state index contributed by atoms with van der Waals surface area (Å²) in [6.45, 7) is 3.89. The smallest absolute Gasteiger partial charge is 0.421 e. The largest absolute Gasteiger partial charge is 0.489 e. The lowest BCUT2D eigenvalue weighted by molar-refractivity contribution is -0.137. The third-order valence-corrected chi connectivity index (χ3v) is 5.07. The van der Waals surface area contributed by atoms with Crippen LogP contribution in [0.2, 0.25) is 0 Å². The Morgan fingerprint density at radius 1 is 1.21 bits per heavy atom. The van der Waals surface area contributed by atoms with Crippen LogP contribution in [0.15, 0.2) is 30.5 Å². The van der Waals surface area contributed by atoms with Crippen molar-refractivity contribution >= 4 is 11.5 Å². The third-order valence-electron chi connectivity index (χ3n) is 5.07. The normalized spacial score (nSPS) is 15.9. The highest BCUT2D eigenvalue weighted by Gasteiger charge is 2.37. The van der Waals surface area contributed by atoms with E-state index in [4.69, 9.17) is 9.47 Å². The van der Waals surface area contributed by atoms with E-state index < -0.39 is 11.7 Å². The zero-order chi connectivity index (χ0) is 21.0. The van der Waals surface area contributed by atoms with Crippen LogP contribution in [-0.2, 0) is 6.18 Å². The Balaban J connectivity index is 1.98. The molecule has 1 heterocycles. The van der Waals surface area contributed by atoms with Crippen molar-refractivity contribution in [2.45, 2.75) is 64.3 Å². The molecule has 1 saturated carbocycles. The lowest BCUT2D eigenvalue weighted by atomic mass is 10.2. The Labute approximate surface area is 168 Å². The predicted octanol–water partition coefficient (Wildman–Crippen LogP) is 5.76. The van der Waals surface area contributed by atoms with Crippen molar-refractivity contribution < 1.29 is 22.6 Å². The van der Waals surface area contributed by atoms with Crippen molar-refractivity contribution in [1.29, 1.82) is 0 Å². The van der Waals surface area contributed by atoms with Gasteiger partial charge in [0.25, 0.3) is 0 Å². The molecule has 0 amide bonds. The summed E-state index contributed by atoms with van der Waals surface area (Å²) >= 11 is 0. The third kappa shape index (κ3) is 5.10. The summed E-state index contributed by atoms with van der Waals surface area (Å²) in [7, 11) is 1.54. The molecule has 1 fully saturated rings. The van der Waals surface area contributed by atoms with Crippen LogP contribution < -0.4 is 14.4 Å². The highest BCUT2D eigenvalue weighted by atomic mass is 19.4. The molecule has 0 spiro atoms. The maximum absolute atomic E-state index is 13.6. The van der Waals surface area contributed by atoms with Crippen LogP contribution in [0, 0.1) is 0 Å². The van der Waals surface area contributed by atoms with E-state index in [0.717, 1.165) is 38.3 Å². The summed E-state index contributed by atoms with van der Waals surface area (Å²) in [4.78, 5) is 9.33. The molecule has 158 valence electrons. The monoisotopic (exact) mass is 409 g/mol. The quantitative estimate of drug-likeness (QED) is 0.582. The summed E-state index contributed by atoms with van der Waals surface area (Å²) in [5.74, 6) is 0.232. The Kier molecular flexibility index (Phi) is 6.49. The molecule has 1 aromatic carbocycles. The summed E-state index contributed by atoms with van der Waals surface area (Å²) in [5, 5.41) is 0. The minimum Gasteiger partial charge on any atom is -0.489 e. The Hall–Kier alpha value is -2.51. The number of ether oxygens (including phenoxy) is 2. The van der Waals surface area contributed by atoms with Crippen molar-refractivity contribution in [2.75, 3.05) is 11.9 Å². The highest BCUT2D eigenvalue weighted by molar-refractivity contribution is 5.68. The Morgan fingerprint density at radius 2 is 1.90 bits per heavy atom. The maximum Gasteiger partial charge on any atom is 0.421 e. The lowest BCUT2D eigenvalue weighted by Gasteiger charge is -2.26. The number of para-hydroxylation sites is 2. The fourth-order valence-corrected chi connectivity index (χ4v) is 3.27. The molecule has 1 aliphatic rings. The SMILES string of the molecule is CCC(C)Oc1ccccc1N(C)c1nc(OC2CCCC2)ncc1C(F)(F)F. The molecule has 0 bridgehead atoms. The number of halogens is 3. The average molecular weight is 409 g/mol. The van der Waals surface area contributed by atoms with E-state index in [2.05, 4.69) is 9.97 Å². The highest BCUT2D eigenvalue weighted by Crippen LogP contribution is 2.40. The van der Waals surface area contributed by atoms with Crippen molar-refractivity contribution in [3.63, 3.8) is 0 Å². The van der Waals surface area contributed by atoms with E-state index in [1.165, 1.54) is 11.9 Å². The molecule has 1 aliphatic carbocycles. The van der Waals surface area contributed by atoms with E-state index in [1.807, 2.05) is 13.8 Å². The van der Waals surface area contributed by atoms with E-state index in [9.17, 15) is 13.2 Å². The molecule has 29 heavy (non-hydrogen) atoms. The van der Waals surface area contributed by atoms with Gasteiger partial charge in [-0.1, -0.05) is 19.1 Å². The minimum atomic E-state index is -4.60. The first-order chi connectivity index (χ1) is 13.8. The summed E-state index contributed by atoms with van der Waals surface area (Å²) in [6, 6.07) is 6.94. The second-order valence-corrected chi connectivity index (χ2v) is 7.28. The van der Waals surface area contributed by atoms with E-state index in [-0.39, 0.29) is 24.0 Å². The van der Waals surface area contributed by atoms with Gasteiger partial charge in [0.2, 0.25) is 0 Å². The number of anilines is 2. The van der Waals surface area contributed by atoms with Gasteiger partial charge in [0.1, 0.15) is 17.4 Å². The topological polar surface area (TPSA) is 47.5 Å². The fourth-order valence-electron chi connectivity index (χ4n) is 3.27. The summed E-state index contributed by atoms with van der Waals surface area (Å²) < 4.78 is 52.6. The van der Waals surface area contributed by atoms with E-state index in [1.54, 1.807) is 24.3 Å². The molecule has 5 nitrogen and oxygen atoms in total. The fraction of sp³-hybridized carbons (Fsp3) is 0.524. The number of hydrogen-bond donors (Lipinski definition) is 0. The van der Waals surface area contributed by atoms with Gasteiger partial charge < -0.3 is 14.4 Å². The number of benzene rings is 1. The van der Waals surface area contributed by atoms with Crippen LogP contribution in [0.25, 0.3) is 0 Å². The summed E-state index contributed by atoms with van der Waals surface area (Å²) in [5.41, 5.74) is -0.430. The van der Waals surface area contributed by atoms with Crippen molar-refractivity contribution in [3.8, 4) is 11.8 Å². The van der Waals surface area contributed by atoms with Gasteiger partial charge in [0, 0.05) is 13.2 Å². The Morgan fingerprint density at radius 3 is 2.55 bits per heavy atom. The molecule has 8 heteroatoms. The van der Waals surface area contributed by atoms with E-state index >= 15 is 0 Å². The van der Waals surface area contributed by atoms with Gasteiger partial charge in [-0.05, 0) is 51.2 Å². The van der Waals surface area contributed by atoms with Crippen LogP contribution in [-0.4, -0.2) is 29.2 Å². The number of hydrogen-bond acceptors (Lipinski definition) is 5. The molecule has 3 rings (SSSR count). The first kappa shape index (κ1) is 21.2. The molecule has 0 radical (unpaired) electrons. The molecular formula is C21H26F3N3O2. The second-order valence-electron chi connectivity index (χ2n) is 7.28. The van der Waals surface area contributed by atoms with Crippen molar-refractivity contribution in [2.24, 2.45) is 0 Å². The van der Waals surface area contributed by atoms with E-state index in [0.29, 0.717) is 11.4 Å². The first-order valence-electron chi connectivity index (χ1n) is 9.90. The molecular weight excluding hydrogens is 383 g/mol. The molecule has 2 aromatic rings. The second kappa shape index (κ2) is 8.88. The number of aromatic nitrogens is 2. The van der Waals surface area contributed by atoms with Crippen molar-refractivity contribution in [1.82, 2.24) is 9.97 Å². The zero-order valence-electron chi connectivity index (χ0n) is 16.9. The average Bonchev–Trinajstić information content (AvgIpc) is 3.20. The van der Waals surface area contributed by atoms with Gasteiger partial charge in [-0.2, -0.15) is 18.2 Å². The van der Waals surface area contributed by atoms with Crippen LogP contribution in [0.3, 0.4) is 0 Å². The molecule has 0 N–H and O–H groups in total. The van der Waals surface area contributed by atoms with Gasteiger partial charge in [-0.3, -0.25) is 0 Å². The molecule has 1 unspecified atom stereocenters. The number of nitrogens with zero attached hydrogens (tertiary/aromatic N) is 3. The van der Waals surface area contributed by atoms with Gasteiger partial charge >= 0.3 is 12.2 Å². The van der Waals surface area contributed by atoms with Gasteiger partial charge in [0.15, 0.2) is 5.82 Å². The Bertz CT molecular complexity index is 823. The van der Waals surface area contributed by atoms with Gasteiger partial charge in [0.05, 0.1) is 11.8 Å². The molecule has 0 saturated heterocycles. The molecule has 0 aliphatic heterocycles. The zero-order valence-corrected chi connectivity index (χ0v) is 16.9. The van der Waals surface area contributed by atoms with Crippen LogP contribution in [0.5, 0.6) is 11.8 Å². The standard InChI is InChI=1S/C21H26F3N3O2/c1-4-14(2)28-18-12-8-7-11-17(18)27(3)19-16(21(22,23)24)13-25-20(26-19)29-15-9-5-6-10-15/h7-8,11-15H,4-6,9-10H2,1-3H3. The lowest BCUT2D eigenvalue weighted by Crippen LogP contribution is -2.22. The van der Waals surface area contributed by atoms with Gasteiger partial charge in [-0.25, -0.2) is 4.98 Å². The summed E-state index contributed by atoms with van der Waals surface area (Å²) in [6.07, 6.45) is 0.658. The van der Waals surface area contributed by atoms with Gasteiger partial charge in [-0.15, -0.1) is 0 Å². The van der Waals surface area contributed by atoms with Crippen LogP contribution in [0.4, 0.5) is 24.7 Å². The molecule has 1 atom stereocenters. The number of alkyl halides is 3. The minimum absolute atomic E-state index is 0.0351. The molecule has 1 aromatic heterocycles. The van der Waals surface area contributed by atoms with Crippen LogP contribution in [0.1, 0.15) is 51.5 Å². The van der Waals surface area contributed by atoms with Crippen LogP contribution >= 0.6 is 0 Å². The first-order valence-corrected chi connectivity index (χ1v) is 9.90. The number of rotatable bonds is 7.